The number of carbonyl (C=O) groups is 1. The Labute approximate surface area is 117 Å². The Morgan fingerprint density at radius 2 is 2.15 bits per heavy atom. The number of aromatic nitrogens is 2. The van der Waals surface area contributed by atoms with Crippen LogP contribution in [0.15, 0.2) is 21.1 Å². The van der Waals surface area contributed by atoms with Gasteiger partial charge >= 0.3 is 0 Å². The lowest BCUT2D eigenvalue weighted by molar-refractivity contribution is -0.130. The minimum absolute atomic E-state index is 0.0790. The summed E-state index contributed by atoms with van der Waals surface area (Å²) in [5, 5.41) is 3.71. The zero-order valence-electron chi connectivity index (χ0n) is 12.0. The molecule has 0 aliphatic heterocycles. The number of aryl methyl sites for hydroxylation is 3. The van der Waals surface area contributed by atoms with Crippen molar-refractivity contribution in [1.29, 1.82) is 0 Å². The van der Waals surface area contributed by atoms with Crippen LogP contribution in [0.1, 0.15) is 36.1 Å². The molecule has 0 aromatic carbocycles. The number of carbonyl (C=O) groups excluding carboxylic acids is 1. The minimum Gasteiger partial charge on any atom is -0.464 e. The van der Waals surface area contributed by atoms with Gasteiger partial charge in [0.15, 0.2) is 5.82 Å². The molecule has 2 aromatic heterocycles. The van der Waals surface area contributed by atoms with Gasteiger partial charge in [-0.2, -0.15) is 4.98 Å². The Morgan fingerprint density at radius 1 is 1.35 bits per heavy atom. The molecule has 2 aromatic rings. The number of amides is 1. The average Bonchev–Trinajstić information content (AvgIpc) is 2.98. The third-order valence-corrected chi connectivity index (χ3v) is 2.97. The number of nitrogens with zero attached hydrogens (tertiary/aromatic N) is 3. The maximum atomic E-state index is 12.0. The molecule has 0 fully saturated rings. The summed E-state index contributed by atoms with van der Waals surface area (Å²) in [6.07, 6.45) is 1.78. The average molecular weight is 277 g/mol. The van der Waals surface area contributed by atoms with Crippen molar-refractivity contribution in [1.82, 2.24) is 15.0 Å². The van der Waals surface area contributed by atoms with E-state index in [-0.39, 0.29) is 5.91 Å². The Morgan fingerprint density at radius 3 is 2.75 bits per heavy atom. The van der Waals surface area contributed by atoms with Crippen LogP contribution in [0.4, 0.5) is 0 Å². The second-order valence-electron chi connectivity index (χ2n) is 4.85. The standard InChI is InChI=1S/C14H19N3O3/c1-10-7-8-12(19-10)9-17(3)14(18)6-4-5-13-15-11(2)16-20-13/h7-8H,4-6,9H2,1-3H3. The van der Waals surface area contributed by atoms with Crippen LogP contribution in [0.2, 0.25) is 0 Å². The van der Waals surface area contributed by atoms with Crippen LogP contribution in [0.25, 0.3) is 0 Å². The van der Waals surface area contributed by atoms with Gasteiger partial charge < -0.3 is 13.8 Å². The molecule has 0 radical (unpaired) electrons. The highest BCUT2D eigenvalue weighted by Gasteiger charge is 2.12. The predicted octanol–water partition coefficient (Wildman–Crippen LogP) is 2.26. The Hall–Kier alpha value is -2.11. The van der Waals surface area contributed by atoms with Gasteiger partial charge in [-0.1, -0.05) is 5.16 Å². The first-order valence-corrected chi connectivity index (χ1v) is 6.63. The summed E-state index contributed by atoms with van der Waals surface area (Å²) >= 11 is 0. The molecule has 2 heterocycles. The van der Waals surface area contributed by atoms with Crippen LogP contribution in [-0.2, 0) is 17.8 Å². The summed E-state index contributed by atoms with van der Waals surface area (Å²) in [5.41, 5.74) is 0. The molecule has 108 valence electrons. The lowest BCUT2D eigenvalue weighted by atomic mass is 10.2. The molecule has 0 N–H and O–H groups in total. The fourth-order valence-electron chi connectivity index (χ4n) is 1.92. The van der Waals surface area contributed by atoms with E-state index in [2.05, 4.69) is 10.1 Å². The zero-order valence-corrected chi connectivity index (χ0v) is 12.0. The maximum absolute atomic E-state index is 12.0. The van der Waals surface area contributed by atoms with Crippen LogP contribution in [0, 0.1) is 13.8 Å². The van der Waals surface area contributed by atoms with Crippen molar-refractivity contribution in [2.45, 2.75) is 39.7 Å². The van der Waals surface area contributed by atoms with Crippen molar-refractivity contribution in [3.8, 4) is 0 Å². The topological polar surface area (TPSA) is 72.4 Å². The van der Waals surface area contributed by atoms with Gasteiger partial charge in [-0.3, -0.25) is 4.79 Å². The Bertz CT molecular complexity index is 574. The van der Waals surface area contributed by atoms with Gasteiger partial charge in [0.25, 0.3) is 0 Å². The van der Waals surface area contributed by atoms with Gasteiger partial charge in [0, 0.05) is 19.9 Å². The Kier molecular flexibility index (Phi) is 4.55. The number of furan rings is 1. The first-order chi connectivity index (χ1) is 9.54. The zero-order chi connectivity index (χ0) is 14.5. The van der Waals surface area contributed by atoms with Crippen LogP contribution in [0.5, 0.6) is 0 Å². The molecule has 0 unspecified atom stereocenters. The lowest BCUT2D eigenvalue weighted by Crippen LogP contribution is -2.25. The van der Waals surface area contributed by atoms with E-state index >= 15 is 0 Å². The van der Waals surface area contributed by atoms with Crippen LogP contribution in [0.3, 0.4) is 0 Å². The van der Waals surface area contributed by atoms with Crippen LogP contribution < -0.4 is 0 Å². The molecular formula is C14H19N3O3. The third-order valence-electron chi connectivity index (χ3n) is 2.97. The number of hydrogen-bond acceptors (Lipinski definition) is 5. The number of hydrogen-bond donors (Lipinski definition) is 0. The summed E-state index contributed by atoms with van der Waals surface area (Å²) in [4.78, 5) is 17.7. The summed E-state index contributed by atoms with van der Waals surface area (Å²) in [6.45, 7) is 4.15. The molecular weight excluding hydrogens is 258 g/mol. The SMILES string of the molecule is Cc1noc(CCCC(=O)N(C)Cc2ccc(C)o2)n1. The van der Waals surface area contributed by atoms with E-state index in [1.165, 1.54) is 0 Å². The number of rotatable bonds is 6. The highest BCUT2D eigenvalue weighted by molar-refractivity contribution is 5.75. The summed E-state index contributed by atoms with van der Waals surface area (Å²) in [6, 6.07) is 3.78. The van der Waals surface area contributed by atoms with Crippen LogP contribution in [-0.4, -0.2) is 28.0 Å². The van der Waals surface area contributed by atoms with E-state index in [4.69, 9.17) is 8.94 Å². The summed E-state index contributed by atoms with van der Waals surface area (Å²) in [5.74, 6) is 2.94. The highest BCUT2D eigenvalue weighted by atomic mass is 16.5. The van der Waals surface area contributed by atoms with E-state index in [0.29, 0.717) is 37.5 Å². The molecule has 0 saturated carbocycles. The van der Waals surface area contributed by atoms with Gasteiger partial charge in [0.05, 0.1) is 6.54 Å². The van der Waals surface area contributed by atoms with E-state index < -0.39 is 0 Å². The van der Waals surface area contributed by atoms with Gasteiger partial charge in [-0.25, -0.2) is 0 Å². The third kappa shape index (κ3) is 3.94. The fraction of sp³-hybridized carbons (Fsp3) is 0.500. The molecule has 0 aliphatic rings. The Balaban J connectivity index is 1.73. The van der Waals surface area contributed by atoms with E-state index in [9.17, 15) is 4.79 Å². The predicted molar refractivity (Wildman–Crippen MR) is 71.9 cm³/mol. The van der Waals surface area contributed by atoms with Gasteiger partial charge in [0.1, 0.15) is 11.5 Å². The van der Waals surface area contributed by atoms with Crippen molar-refractivity contribution >= 4 is 5.91 Å². The molecule has 0 bridgehead atoms. The van der Waals surface area contributed by atoms with E-state index in [1.807, 2.05) is 19.1 Å². The smallest absolute Gasteiger partial charge is 0.226 e. The first kappa shape index (κ1) is 14.3. The van der Waals surface area contributed by atoms with E-state index in [0.717, 1.165) is 11.5 Å². The second-order valence-corrected chi connectivity index (χ2v) is 4.85. The molecule has 0 spiro atoms. The monoisotopic (exact) mass is 277 g/mol. The minimum atomic E-state index is 0.0790. The largest absolute Gasteiger partial charge is 0.464 e. The first-order valence-electron chi connectivity index (χ1n) is 6.63. The van der Waals surface area contributed by atoms with Crippen molar-refractivity contribution in [2.75, 3.05) is 7.05 Å². The van der Waals surface area contributed by atoms with E-state index in [1.54, 1.807) is 18.9 Å². The molecule has 0 atom stereocenters. The maximum Gasteiger partial charge on any atom is 0.226 e. The van der Waals surface area contributed by atoms with Crippen molar-refractivity contribution in [3.05, 3.63) is 35.4 Å². The second kappa shape index (κ2) is 6.36. The van der Waals surface area contributed by atoms with Gasteiger partial charge in [0.2, 0.25) is 11.8 Å². The molecule has 6 nitrogen and oxygen atoms in total. The molecule has 2 rings (SSSR count). The molecule has 0 aliphatic carbocycles. The van der Waals surface area contributed by atoms with Crippen molar-refractivity contribution in [3.63, 3.8) is 0 Å². The highest BCUT2D eigenvalue weighted by Crippen LogP contribution is 2.10. The normalized spacial score (nSPS) is 10.8. The molecule has 20 heavy (non-hydrogen) atoms. The molecule has 0 saturated heterocycles. The van der Waals surface area contributed by atoms with Crippen LogP contribution >= 0.6 is 0 Å². The quantitative estimate of drug-likeness (QED) is 0.809. The molecule has 6 heteroatoms. The van der Waals surface area contributed by atoms with Crippen molar-refractivity contribution < 1.29 is 13.7 Å². The lowest BCUT2D eigenvalue weighted by Gasteiger charge is -2.15. The summed E-state index contributed by atoms with van der Waals surface area (Å²) in [7, 11) is 1.77. The van der Waals surface area contributed by atoms with Gasteiger partial charge in [-0.15, -0.1) is 0 Å². The molecule has 1 amide bonds. The van der Waals surface area contributed by atoms with Gasteiger partial charge in [-0.05, 0) is 32.4 Å². The fourth-order valence-corrected chi connectivity index (χ4v) is 1.92. The van der Waals surface area contributed by atoms with Crippen molar-refractivity contribution in [2.24, 2.45) is 0 Å². The summed E-state index contributed by atoms with van der Waals surface area (Å²) < 4.78 is 10.5.